The van der Waals surface area contributed by atoms with E-state index < -0.39 is 23.6 Å². The molecule has 4 aromatic rings. The summed E-state index contributed by atoms with van der Waals surface area (Å²) in [5, 5.41) is 6.92. The summed E-state index contributed by atoms with van der Waals surface area (Å²) in [6, 6.07) is 5.92. The molecule has 0 aliphatic carbocycles. The minimum absolute atomic E-state index is 0.124. The van der Waals surface area contributed by atoms with Gasteiger partial charge in [0, 0.05) is 47.8 Å². The number of aromatic nitrogens is 4. The highest BCUT2D eigenvalue weighted by atomic mass is 19.4. The first-order valence-electron chi connectivity index (χ1n) is 8.55. The zero-order valence-electron chi connectivity index (χ0n) is 15.2. The molecule has 5 nitrogen and oxygen atoms in total. The van der Waals surface area contributed by atoms with Gasteiger partial charge in [0.05, 0.1) is 11.3 Å². The number of rotatable bonds is 3. The van der Waals surface area contributed by atoms with E-state index in [2.05, 4.69) is 20.4 Å². The monoisotopic (exact) mass is 425 g/mol. The summed E-state index contributed by atoms with van der Waals surface area (Å²) in [6.45, 7) is 0. The van der Waals surface area contributed by atoms with Crippen LogP contribution in [-0.4, -0.2) is 19.7 Å². The molecule has 0 saturated heterocycles. The molecule has 0 bridgehead atoms. The molecule has 4 rings (SSSR count). The molecule has 0 fully saturated rings. The van der Waals surface area contributed by atoms with E-state index in [1.54, 1.807) is 0 Å². The maximum atomic E-state index is 13.3. The van der Waals surface area contributed by atoms with E-state index in [0.717, 1.165) is 16.8 Å². The van der Waals surface area contributed by atoms with Gasteiger partial charge in [0.15, 0.2) is 5.69 Å². The van der Waals surface area contributed by atoms with Gasteiger partial charge in [0.1, 0.15) is 5.65 Å². The molecule has 0 atom stereocenters. The minimum Gasteiger partial charge on any atom is -0.354 e. The van der Waals surface area contributed by atoms with Crippen LogP contribution in [-0.2, 0) is 19.4 Å². The molecule has 1 aromatic carbocycles. The highest BCUT2D eigenvalue weighted by molar-refractivity contribution is 5.94. The van der Waals surface area contributed by atoms with E-state index in [4.69, 9.17) is 0 Å². The molecule has 0 amide bonds. The Kier molecular flexibility index (Phi) is 4.48. The molecule has 0 aliphatic heterocycles. The number of halogens is 6. The molecule has 0 aliphatic rings. The van der Waals surface area contributed by atoms with Crippen molar-refractivity contribution in [2.75, 3.05) is 5.32 Å². The maximum Gasteiger partial charge on any atom is 0.435 e. The van der Waals surface area contributed by atoms with Gasteiger partial charge in [-0.3, -0.25) is 4.68 Å². The number of anilines is 2. The van der Waals surface area contributed by atoms with Crippen molar-refractivity contribution in [3.8, 4) is 11.1 Å². The van der Waals surface area contributed by atoms with Gasteiger partial charge in [-0.15, -0.1) is 0 Å². The normalized spacial score (nSPS) is 12.5. The second kappa shape index (κ2) is 6.78. The van der Waals surface area contributed by atoms with Crippen LogP contribution in [0, 0.1) is 0 Å². The van der Waals surface area contributed by atoms with Gasteiger partial charge in [0.2, 0.25) is 0 Å². The van der Waals surface area contributed by atoms with Crippen LogP contribution in [0.15, 0.2) is 48.9 Å². The van der Waals surface area contributed by atoms with E-state index >= 15 is 0 Å². The molecule has 30 heavy (non-hydrogen) atoms. The fraction of sp³-hybridized carbons (Fsp3) is 0.158. The molecular formula is C19H13F6N5. The molecule has 11 heteroatoms. The molecule has 0 spiro atoms. The number of pyridine rings is 1. The number of aryl methyl sites for hydroxylation is 1. The Morgan fingerprint density at radius 2 is 1.70 bits per heavy atom. The average molecular weight is 425 g/mol. The van der Waals surface area contributed by atoms with Gasteiger partial charge in [-0.1, -0.05) is 0 Å². The second-order valence-corrected chi connectivity index (χ2v) is 6.59. The third kappa shape index (κ3) is 3.70. The third-order valence-electron chi connectivity index (χ3n) is 4.43. The molecule has 2 N–H and O–H groups in total. The number of hydrogen-bond acceptors (Lipinski definition) is 3. The predicted molar refractivity (Wildman–Crippen MR) is 98.0 cm³/mol. The van der Waals surface area contributed by atoms with Crippen LogP contribution < -0.4 is 5.32 Å². The van der Waals surface area contributed by atoms with E-state index in [0.29, 0.717) is 22.4 Å². The zero-order chi connectivity index (χ0) is 21.7. The number of benzene rings is 1. The molecule has 0 radical (unpaired) electrons. The number of alkyl halides is 6. The Bertz CT molecular complexity index is 1200. The predicted octanol–water partition coefficient (Wildman–Crippen LogP) is 5.74. The standard InChI is InChI=1S/C19H13F6N5/c1-30-9-14(16(29-30)19(23,24)25)10-6-13-15(8-27-17(13)26-7-10)28-12-4-2-11(3-5-12)18(20,21)22/h2-9,28H,1H3,(H,26,27). The number of nitrogens with zero attached hydrogens (tertiary/aromatic N) is 3. The average Bonchev–Trinajstić information content (AvgIpc) is 3.24. The molecular weight excluding hydrogens is 412 g/mol. The second-order valence-electron chi connectivity index (χ2n) is 6.59. The van der Waals surface area contributed by atoms with E-state index in [1.165, 1.54) is 43.8 Å². The van der Waals surface area contributed by atoms with E-state index in [1.807, 2.05) is 0 Å². The van der Waals surface area contributed by atoms with E-state index in [-0.39, 0.29) is 11.1 Å². The smallest absolute Gasteiger partial charge is 0.354 e. The summed E-state index contributed by atoms with van der Waals surface area (Å²) < 4.78 is 79.1. The molecule has 156 valence electrons. The van der Waals surface area contributed by atoms with Gasteiger partial charge < -0.3 is 10.3 Å². The Balaban J connectivity index is 1.71. The van der Waals surface area contributed by atoms with E-state index in [9.17, 15) is 26.3 Å². The van der Waals surface area contributed by atoms with Gasteiger partial charge in [0.25, 0.3) is 0 Å². The van der Waals surface area contributed by atoms with Crippen LogP contribution in [0.1, 0.15) is 11.3 Å². The first kappa shape index (κ1) is 19.8. The van der Waals surface area contributed by atoms with Crippen molar-refractivity contribution in [1.82, 2.24) is 19.7 Å². The number of fused-ring (bicyclic) bond motifs is 1. The lowest BCUT2D eigenvalue weighted by Crippen LogP contribution is -2.08. The summed E-state index contributed by atoms with van der Waals surface area (Å²) in [4.78, 5) is 7.03. The van der Waals surface area contributed by atoms with Crippen molar-refractivity contribution >= 4 is 22.4 Å². The highest BCUT2D eigenvalue weighted by Crippen LogP contribution is 2.37. The first-order chi connectivity index (χ1) is 14.0. The van der Waals surface area contributed by atoms with Crippen LogP contribution in [0.2, 0.25) is 0 Å². The number of hydrogen-bond donors (Lipinski definition) is 2. The molecule has 3 heterocycles. The Morgan fingerprint density at radius 1 is 1.00 bits per heavy atom. The van der Waals surface area contributed by atoms with Crippen molar-refractivity contribution in [1.29, 1.82) is 0 Å². The van der Waals surface area contributed by atoms with Gasteiger partial charge in [-0.2, -0.15) is 31.4 Å². The Hall–Kier alpha value is -3.50. The fourth-order valence-electron chi connectivity index (χ4n) is 3.06. The summed E-state index contributed by atoms with van der Waals surface area (Å²) in [5.41, 5.74) is -0.487. The largest absolute Gasteiger partial charge is 0.435 e. The van der Waals surface area contributed by atoms with Gasteiger partial charge >= 0.3 is 12.4 Å². The van der Waals surface area contributed by atoms with Crippen LogP contribution in [0.3, 0.4) is 0 Å². The molecule has 0 saturated carbocycles. The number of H-pyrrole nitrogens is 1. The quantitative estimate of drug-likeness (QED) is 0.411. The Morgan fingerprint density at radius 3 is 2.33 bits per heavy atom. The molecule has 0 unspecified atom stereocenters. The van der Waals surface area contributed by atoms with Crippen LogP contribution >= 0.6 is 0 Å². The van der Waals surface area contributed by atoms with Crippen LogP contribution in [0.5, 0.6) is 0 Å². The van der Waals surface area contributed by atoms with Gasteiger partial charge in [-0.25, -0.2) is 4.98 Å². The van der Waals surface area contributed by atoms with Crippen molar-refractivity contribution in [2.45, 2.75) is 12.4 Å². The van der Waals surface area contributed by atoms with Crippen molar-refractivity contribution in [3.63, 3.8) is 0 Å². The fourth-order valence-corrected chi connectivity index (χ4v) is 3.06. The number of aromatic amines is 1. The lowest BCUT2D eigenvalue weighted by Gasteiger charge is -2.09. The lowest BCUT2D eigenvalue weighted by molar-refractivity contribution is -0.141. The summed E-state index contributed by atoms with van der Waals surface area (Å²) >= 11 is 0. The van der Waals surface area contributed by atoms with Crippen molar-refractivity contribution in [3.05, 3.63) is 60.2 Å². The third-order valence-corrected chi connectivity index (χ3v) is 4.43. The van der Waals surface area contributed by atoms with Gasteiger partial charge in [-0.05, 0) is 30.3 Å². The highest BCUT2D eigenvalue weighted by Gasteiger charge is 2.37. The van der Waals surface area contributed by atoms with Crippen LogP contribution in [0.4, 0.5) is 37.7 Å². The SMILES string of the molecule is Cn1cc(-c2cnc3[nH]cc(Nc4ccc(C(F)(F)F)cc4)c3c2)c(C(F)(F)F)n1. The van der Waals surface area contributed by atoms with Crippen LogP contribution in [0.25, 0.3) is 22.2 Å². The number of nitrogens with one attached hydrogen (secondary N) is 2. The summed E-state index contributed by atoms with van der Waals surface area (Å²) in [6.07, 6.45) is -5.00. The summed E-state index contributed by atoms with van der Waals surface area (Å²) in [7, 11) is 1.39. The van der Waals surface area contributed by atoms with Crippen molar-refractivity contribution < 1.29 is 26.3 Å². The van der Waals surface area contributed by atoms with Crippen molar-refractivity contribution in [2.24, 2.45) is 7.05 Å². The maximum absolute atomic E-state index is 13.3. The zero-order valence-corrected chi connectivity index (χ0v) is 15.2. The molecule has 3 aromatic heterocycles. The minimum atomic E-state index is -4.63. The lowest BCUT2D eigenvalue weighted by atomic mass is 10.1. The Labute approximate surface area is 165 Å². The first-order valence-corrected chi connectivity index (χ1v) is 8.55. The topological polar surface area (TPSA) is 58.5 Å². The summed E-state index contributed by atoms with van der Waals surface area (Å²) in [5.74, 6) is 0.